The zero-order valence-electron chi connectivity index (χ0n) is 29.2. The molecule has 0 aromatic carbocycles. The molecule has 3 N–H and O–H groups in total. The predicted octanol–water partition coefficient (Wildman–Crippen LogP) is 11.5. The summed E-state index contributed by atoms with van der Waals surface area (Å²) in [7, 11) is 0. The van der Waals surface area contributed by atoms with Crippen LogP contribution in [-0.2, 0) is 4.79 Å². The van der Waals surface area contributed by atoms with Crippen molar-refractivity contribution in [1.82, 2.24) is 5.32 Å². The number of nitrogens with one attached hydrogen (secondary N) is 1. The van der Waals surface area contributed by atoms with E-state index >= 15 is 0 Å². The number of hydrogen-bond donors (Lipinski definition) is 3. The molecule has 0 bridgehead atoms. The summed E-state index contributed by atoms with van der Waals surface area (Å²) in [5.74, 6) is -0.0876. The van der Waals surface area contributed by atoms with Gasteiger partial charge in [0.25, 0.3) is 0 Å². The van der Waals surface area contributed by atoms with E-state index in [0.717, 1.165) is 32.1 Å². The maximum atomic E-state index is 11.9. The highest BCUT2D eigenvalue weighted by atomic mass is 16.3. The largest absolute Gasteiger partial charge is 0.394 e. The van der Waals surface area contributed by atoms with Gasteiger partial charge in [0.05, 0.1) is 18.8 Å². The Morgan fingerprint density at radius 1 is 0.535 bits per heavy atom. The topological polar surface area (TPSA) is 69.6 Å². The maximum absolute atomic E-state index is 11.9. The summed E-state index contributed by atoms with van der Waals surface area (Å²) in [5, 5.41) is 22.5. The van der Waals surface area contributed by atoms with Gasteiger partial charge in [-0.15, -0.1) is 0 Å². The van der Waals surface area contributed by atoms with Crippen LogP contribution in [0, 0.1) is 0 Å². The highest BCUT2D eigenvalue weighted by Crippen LogP contribution is 2.16. The number of aliphatic hydroxyl groups excluding tert-OH is 2. The average Bonchev–Trinajstić information content (AvgIpc) is 3.01. The van der Waals surface area contributed by atoms with Gasteiger partial charge in [0, 0.05) is 6.42 Å². The third-order valence-electron chi connectivity index (χ3n) is 9.02. The molecule has 0 aliphatic carbocycles. The van der Waals surface area contributed by atoms with Crippen molar-refractivity contribution in [3.05, 3.63) is 12.2 Å². The lowest BCUT2D eigenvalue weighted by Gasteiger charge is -2.19. The first-order chi connectivity index (χ1) is 21.2. The maximum Gasteiger partial charge on any atom is 0.220 e. The number of carbonyl (C=O) groups excluding carboxylic acids is 1. The van der Waals surface area contributed by atoms with E-state index in [0.29, 0.717) is 6.42 Å². The summed E-state index contributed by atoms with van der Waals surface area (Å²) in [6.45, 7) is 4.16. The molecule has 0 rings (SSSR count). The number of hydrogen-bond acceptors (Lipinski definition) is 3. The first kappa shape index (κ1) is 42.1. The number of amides is 1. The molecule has 0 aromatic heterocycles. The van der Waals surface area contributed by atoms with Crippen molar-refractivity contribution in [2.75, 3.05) is 6.61 Å². The summed E-state index contributed by atoms with van der Waals surface area (Å²) < 4.78 is 0. The van der Waals surface area contributed by atoms with E-state index in [4.69, 9.17) is 0 Å². The molecule has 0 saturated heterocycles. The van der Waals surface area contributed by atoms with Crippen molar-refractivity contribution in [3.63, 3.8) is 0 Å². The van der Waals surface area contributed by atoms with E-state index in [1.54, 1.807) is 6.08 Å². The summed E-state index contributed by atoms with van der Waals surface area (Å²) >= 11 is 0. The van der Waals surface area contributed by atoms with Gasteiger partial charge < -0.3 is 15.5 Å². The molecule has 2 unspecified atom stereocenters. The SMILES string of the molecule is CCCCCCCCCCCCCCCCCCCCCCCCCCCC/C=C/C(O)C(CO)NC(=O)CCCCC. The van der Waals surface area contributed by atoms with Crippen LogP contribution >= 0.6 is 0 Å². The Bertz CT molecular complexity index is 579. The molecule has 0 aliphatic heterocycles. The second-order valence-corrected chi connectivity index (χ2v) is 13.4. The molecule has 4 nitrogen and oxygen atoms in total. The first-order valence-electron chi connectivity index (χ1n) is 19.4. The lowest BCUT2D eigenvalue weighted by Crippen LogP contribution is -2.45. The number of aliphatic hydroxyl groups is 2. The van der Waals surface area contributed by atoms with Gasteiger partial charge in [0.1, 0.15) is 0 Å². The molecule has 0 aromatic rings. The van der Waals surface area contributed by atoms with Crippen LogP contribution in [0.2, 0.25) is 0 Å². The van der Waals surface area contributed by atoms with Crippen molar-refractivity contribution < 1.29 is 15.0 Å². The van der Waals surface area contributed by atoms with Gasteiger partial charge in [-0.2, -0.15) is 0 Å². The van der Waals surface area contributed by atoms with E-state index in [9.17, 15) is 15.0 Å². The monoisotopic (exact) mass is 608 g/mol. The molecule has 0 saturated carbocycles. The van der Waals surface area contributed by atoms with E-state index < -0.39 is 12.1 Å². The Morgan fingerprint density at radius 2 is 0.860 bits per heavy atom. The van der Waals surface area contributed by atoms with Crippen molar-refractivity contribution in [2.24, 2.45) is 0 Å². The van der Waals surface area contributed by atoms with Crippen molar-refractivity contribution in [1.29, 1.82) is 0 Å². The molecule has 43 heavy (non-hydrogen) atoms. The standard InChI is InChI=1S/C39H77NO3/c1-3-5-7-8-9-10-11-12-13-14-15-16-17-18-19-20-21-22-23-24-25-26-27-28-29-30-31-33-34-38(42)37(36-41)40-39(43)35-32-6-4-2/h33-34,37-38,41-42H,3-32,35-36H2,1-2H3,(H,40,43)/b34-33+. The van der Waals surface area contributed by atoms with Crippen LogP contribution in [0.3, 0.4) is 0 Å². The van der Waals surface area contributed by atoms with E-state index in [2.05, 4.69) is 19.2 Å². The van der Waals surface area contributed by atoms with E-state index in [-0.39, 0.29) is 12.5 Å². The second-order valence-electron chi connectivity index (χ2n) is 13.4. The van der Waals surface area contributed by atoms with Crippen LogP contribution in [0.5, 0.6) is 0 Å². The number of carbonyl (C=O) groups is 1. The highest BCUT2D eigenvalue weighted by Gasteiger charge is 2.17. The second kappa shape index (κ2) is 35.6. The fourth-order valence-electron chi connectivity index (χ4n) is 6.00. The third-order valence-corrected chi connectivity index (χ3v) is 9.02. The van der Waals surface area contributed by atoms with Crippen LogP contribution in [0.25, 0.3) is 0 Å². The Hall–Kier alpha value is -0.870. The minimum absolute atomic E-state index is 0.0876. The minimum Gasteiger partial charge on any atom is -0.394 e. The number of rotatable bonds is 35. The van der Waals surface area contributed by atoms with Crippen LogP contribution in [-0.4, -0.2) is 34.9 Å². The van der Waals surface area contributed by atoms with Gasteiger partial charge in [0.15, 0.2) is 0 Å². The average molecular weight is 608 g/mol. The molecule has 2 atom stereocenters. The van der Waals surface area contributed by atoms with Crippen molar-refractivity contribution >= 4 is 5.91 Å². The predicted molar refractivity (Wildman–Crippen MR) is 189 cm³/mol. The van der Waals surface area contributed by atoms with Gasteiger partial charge in [0.2, 0.25) is 5.91 Å². The van der Waals surface area contributed by atoms with Crippen molar-refractivity contribution in [2.45, 2.75) is 225 Å². The van der Waals surface area contributed by atoms with Crippen molar-refractivity contribution in [3.8, 4) is 0 Å². The van der Waals surface area contributed by atoms with Gasteiger partial charge >= 0.3 is 0 Å². The molecule has 0 fully saturated rings. The first-order valence-corrected chi connectivity index (χ1v) is 19.4. The zero-order chi connectivity index (χ0) is 31.5. The van der Waals surface area contributed by atoms with E-state index in [1.165, 1.54) is 161 Å². The molecule has 256 valence electrons. The molecule has 0 spiro atoms. The molecule has 4 heteroatoms. The van der Waals surface area contributed by atoms with Crippen LogP contribution in [0.1, 0.15) is 213 Å². The lowest BCUT2D eigenvalue weighted by atomic mass is 10.0. The van der Waals surface area contributed by atoms with E-state index in [1.807, 2.05) is 6.08 Å². The number of unbranched alkanes of at least 4 members (excludes halogenated alkanes) is 28. The summed E-state index contributed by atoms with van der Waals surface area (Å²) in [4.78, 5) is 11.9. The lowest BCUT2D eigenvalue weighted by molar-refractivity contribution is -0.123. The number of allylic oxidation sites excluding steroid dienone is 1. The Balaban J connectivity index is 3.33. The fraction of sp³-hybridized carbons (Fsp3) is 0.923. The van der Waals surface area contributed by atoms with Gasteiger partial charge in [-0.1, -0.05) is 199 Å². The molecular formula is C39H77NO3. The Morgan fingerprint density at radius 3 is 1.21 bits per heavy atom. The van der Waals surface area contributed by atoms with Crippen LogP contribution < -0.4 is 5.32 Å². The fourth-order valence-corrected chi connectivity index (χ4v) is 6.00. The van der Waals surface area contributed by atoms with Gasteiger partial charge in [-0.25, -0.2) is 0 Å². The quantitative estimate of drug-likeness (QED) is 0.0496. The molecular weight excluding hydrogens is 530 g/mol. The third kappa shape index (κ3) is 32.3. The van der Waals surface area contributed by atoms with Crippen LogP contribution in [0.4, 0.5) is 0 Å². The van der Waals surface area contributed by atoms with Gasteiger partial charge in [-0.05, 0) is 19.3 Å². The Kier molecular flexibility index (Phi) is 34.9. The zero-order valence-corrected chi connectivity index (χ0v) is 29.2. The van der Waals surface area contributed by atoms with Gasteiger partial charge in [-0.3, -0.25) is 4.79 Å². The smallest absolute Gasteiger partial charge is 0.220 e. The summed E-state index contributed by atoms with van der Waals surface area (Å²) in [6, 6.07) is -0.612. The molecule has 0 radical (unpaired) electrons. The van der Waals surface area contributed by atoms with Crippen LogP contribution in [0.15, 0.2) is 12.2 Å². The normalized spacial score (nSPS) is 13.1. The molecule has 0 aliphatic rings. The summed E-state index contributed by atoms with van der Waals surface area (Å²) in [5.41, 5.74) is 0. The molecule has 0 heterocycles. The molecule has 1 amide bonds. The minimum atomic E-state index is -0.829. The summed E-state index contributed by atoms with van der Waals surface area (Å²) in [6.07, 6.45) is 43.9. The Labute approximate surface area is 269 Å². The highest BCUT2D eigenvalue weighted by molar-refractivity contribution is 5.76.